The number of nitrogens with zero attached hydrogens (tertiary/aromatic N) is 5. The molecule has 1 N–H and O–H groups in total. The van der Waals surface area contributed by atoms with Crippen LogP contribution in [0.5, 0.6) is 0 Å². The Kier molecular flexibility index (Phi) is 22.7. The van der Waals surface area contributed by atoms with E-state index in [2.05, 4.69) is 104 Å². The summed E-state index contributed by atoms with van der Waals surface area (Å²) >= 11 is 0. The molecule has 0 aliphatic carbocycles. The molecule has 0 saturated heterocycles. The van der Waals surface area contributed by atoms with Crippen LogP contribution in [-0.4, -0.2) is 124 Å². The molecule has 0 aromatic heterocycles. The topological polar surface area (TPSA) is 125 Å². The van der Waals surface area contributed by atoms with Crippen molar-refractivity contribution in [2.75, 3.05) is 97.1 Å². The highest BCUT2D eigenvalue weighted by molar-refractivity contribution is 7.25. The van der Waals surface area contributed by atoms with Gasteiger partial charge in [-0.25, -0.2) is 9.80 Å². The fraction of sp³-hybridized carbons (Fsp3) is 0.612. The highest BCUT2D eigenvalue weighted by atomic mass is 31.1. The van der Waals surface area contributed by atoms with E-state index in [4.69, 9.17) is 18.9 Å². The summed E-state index contributed by atoms with van der Waals surface area (Å²) in [5.41, 5.74) is 4.09. The number of benzene rings is 3. The Labute approximate surface area is 386 Å². The van der Waals surface area contributed by atoms with Crippen LogP contribution in [0, 0.1) is 0 Å². The van der Waals surface area contributed by atoms with E-state index >= 15 is 0 Å². The number of fused-ring (bicyclic) bond motifs is 2. The highest BCUT2D eigenvalue weighted by Gasteiger charge is 2.44. The second-order valence-corrected chi connectivity index (χ2v) is 18.6. The molecule has 0 unspecified atom stereocenters. The second-order valence-electron chi connectivity index (χ2n) is 17.1. The normalized spacial score (nSPS) is 15.1. The first-order valence-electron chi connectivity index (χ1n) is 23.2. The summed E-state index contributed by atoms with van der Waals surface area (Å²) in [5.74, 6) is -1.15. The Morgan fingerprint density at radius 1 is 0.594 bits per heavy atom. The summed E-state index contributed by atoms with van der Waals surface area (Å²) in [5, 5.41) is 10.2. The minimum Gasteiger partial charge on any atom is -0.480 e. The molecule has 1 heterocycles. The standard InChI is InChI=1S/C49H75N5O8P2/c1-9-13-29-59-48(63-57,60-30-14-10-2)53-27-25-52(38-46(55)56)26-28-54(49(64-58,61-31-15-11-3)62-32-16-12-4)37-40-33-39(36-53)34-43(35-40)47(41-17-21-44(22-18-41)50(5)6)42-19-23-45(24-20-42)51(7)8/h17-24,33-35,47H,9-16,25-32,36-38H2,1-8H3,(H,55,56). The van der Waals surface area contributed by atoms with Gasteiger partial charge < -0.3 is 33.9 Å². The third-order valence-electron chi connectivity index (χ3n) is 11.6. The summed E-state index contributed by atoms with van der Waals surface area (Å²) < 4.78 is 53.3. The lowest BCUT2D eigenvalue weighted by atomic mass is 9.83. The van der Waals surface area contributed by atoms with Gasteiger partial charge in [-0.15, -0.1) is 0 Å². The maximum atomic E-state index is 13.6. The molecule has 2 bridgehead atoms. The average molecular weight is 924 g/mol. The van der Waals surface area contributed by atoms with Gasteiger partial charge in [-0.2, -0.15) is 0 Å². The van der Waals surface area contributed by atoms with Crippen molar-refractivity contribution < 1.29 is 38.0 Å². The van der Waals surface area contributed by atoms with Gasteiger partial charge in [0, 0.05) is 84.8 Å². The Hall–Kier alpha value is -3.35. The molecule has 0 saturated carbocycles. The molecule has 0 spiro atoms. The van der Waals surface area contributed by atoms with E-state index in [1.54, 1.807) is 0 Å². The molecule has 0 amide bonds. The maximum absolute atomic E-state index is 13.6. The Morgan fingerprint density at radius 3 is 1.25 bits per heavy atom. The number of ether oxygens (including phenoxy) is 4. The van der Waals surface area contributed by atoms with Gasteiger partial charge in [-0.1, -0.05) is 95.8 Å². The van der Waals surface area contributed by atoms with E-state index in [1.807, 2.05) is 42.9 Å². The molecule has 15 heteroatoms. The number of unbranched alkanes of at least 4 members (excludes halogenated alkanes) is 4. The predicted molar refractivity (Wildman–Crippen MR) is 258 cm³/mol. The van der Waals surface area contributed by atoms with E-state index < -0.39 is 17.3 Å². The van der Waals surface area contributed by atoms with Gasteiger partial charge in [0.2, 0.25) is 16.9 Å². The molecule has 4 rings (SSSR count). The van der Waals surface area contributed by atoms with Gasteiger partial charge in [0.05, 0.1) is 33.0 Å². The van der Waals surface area contributed by atoms with E-state index in [0.29, 0.717) is 39.5 Å². The maximum Gasteiger partial charge on any atom is 0.317 e. The summed E-state index contributed by atoms with van der Waals surface area (Å²) in [7, 11) is 7.46. The minimum atomic E-state index is -1.61. The quantitative estimate of drug-likeness (QED) is 0.0338. The Bertz CT molecular complexity index is 1710. The van der Waals surface area contributed by atoms with Gasteiger partial charge in [0.15, 0.2) is 0 Å². The smallest absolute Gasteiger partial charge is 0.317 e. The van der Waals surface area contributed by atoms with Crippen LogP contribution in [0.3, 0.4) is 0 Å². The molecular formula is C49H75N5O8P2. The van der Waals surface area contributed by atoms with Gasteiger partial charge in [-0.05, 0) is 77.8 Å². The number of aliphatic carboxylic acids is 1. The molecule has 0 atom stereocenters. The molecule has 13 nitrogen and oxygen atoms in total. The van der Waals surface area contributed by atoms with Crippen molar-refractivity contribution in [2.45, 2.75) is 109 Å². The molecule has 0 radical (unpaired) electrons. The van der Waals surface area contributed by atoms with Gasteiger partial charge in [-0.3, -0.25) is 18.8 Å². The first-order valence-corrected chi connectivity index (χ1v) is 24.9. The molecule has 354 valence electrons. The highest BCUT2D eigenvalue weighted by Crippen LogP contribution is 2.39. The molecule has 3 aromatic carbocycles. The average Bonchev–Trinajstić information content (AvgIpc) is 3.28. The zero-order chi connectivity index (χ0) is 46.5. The lowest BCUT2D eigenvalue weighted by Crippen LogP contribution is -2.54. The molecule has 3 aromatic rings. The van der Waals surface area contributed by atoms with Crippen LogP contribution in [0.25, 0.3) is 0 Å². The van der Waals surface area contributed by atoms with E-state index in [0.717, 1.165) is 90.6 Å². The zero-order valence-electron chi connectivity index (χ0n) is 39.8. The number of carbonyl (C=O) groups is 1. The van der Waals surface area contributed by atoms with Crippen LogP contribution in [-0.2, 0) is 46.0 Å². The summed E-state index contributed by atoms with van der Waals surface area (Å²) in [6.07, 6.45) is 6.56. The van der Waals surface area contributed by atoms with E-state index in [9.17, 15) is 19.0 Å². The number of anilines is 2. The monoisotopic (exact) mass is 924 g/mol. The third-order valence-corrected chi connectivity index (χ3v) is 13.1. The van der Waals surface area contributed by atoms with Crippen molar-refractivity contribution in [1.29, 1.82) is 0 Å². The molecular weight excluding hydrogens is 849 g/mol. The van der Waals surface area contributed by atoms with Crippen LogP contribution < -0.4 is 9.80 Å². The molecule has 1 aliphatic rings. The first kappa shape index (κ1) is 53.3. The lowest BCUT2D eigenvalue weighted by Gasteiger charge is -2.41. The van der Waals surface area contributed by atoms with Crippen molar-refractivity contribution in [2.24, 2.45) is 0 Å². The second kappa shape index (κ2) is 27.3. The largest absolute Gasteiger partial charge is 0.480 e. The van der Waals surface area contributed by atoms with Crippen molar-refractivity contribution in [3.8, 4) is 0 Å². The summed E-state index contributed by atoms with van der Waals surface area (Å²) in [4.78, 5) is 22.4. The van der Waals surface area contributed by atoms with Crippen molar-refractivity contribution in [1.82, 2.24) is 14.7 Å². The number of hydrogen-bond acceptors (Lipinski definition) is 12. The van der Waals surface area contributed by atoms with Crippen LogP contribution in [0.1, 0.15) is 113 Å². The van der Waals surface area contributed by atoms with Crippen molar-refractivity contribution >= 4 is 34.3 Å². The van der Waals surface area contributed by atoms with Crippen LogP contribution in [0.4, 0.5) is 11.4 Å². The third kappa shape index (κ3) is 15.4. The number of hydrogen-bond donors (Lipinski definition) is 1. The van der Waals surface area contributed by atoms with Gasteiger partial charge >= 0.3 is 17.3 Å². The fourth-order valence-electron chi connectivity index (χ4n) is 7.78. The lowest BCUT2D eigenvalue weighted by molar-refractivity contribution is -0.264. The van der Waals surface area contributed by atoms with Crippen LogP contribution in [0.2, 0.25) is 0 Å². The first-order chi connectivity index (χ1) is 30.9. The number of carboxylic acid groups (broad SMARTS) is 1. The van der Waals surface area contributed by atoms with Crippen LogP contribution >= 0.6 is 16.9 Å². The van der Waals surface area contributed by atoms with Gasteiger partial charge in [0.1, 0.15) is 0 Å². The Morgan fingerprint density at radius 2 is 0.953 bits per heavy atom. The number of carboxylic acids is 1. The fourth-order valence-corrected chi connectivity index (χ4v) is 8.93. The molecule has 1 aliphatic heterocycles. The van der Waals surface area contributed by atoms with Gasteiger partial charge in [0.25, 0.3) is 0 Å². The van der Waals surface area contributed by atoms with Crippen molar-refractivity contribution in [3.05, 3.63) is 94.5 Å². The molecule has 0 fully saturated rings. The van der Waals surface area contributed by atoms with E-state index in [-0.39, 0.29) is 55.6 Å². The van der Waals surface area contributed by atoms with E-state index in [1.165, 1.54) is 0 Å². The minimum absolute atomic E-state index is 0.181. The SMILES string of the molecule is CCCCOC(OCCCC)(P=O)N1CCN(CC(=O)O)CCN(C(OCCCC)(OCCCC)P=O)Cc2cc(cc(C(c3ccc(N(C)C)cc3)c3ccc(N(C)C)cc3)c2)C1. The predicted octanol–water partition coefficient (Wildman–Crippen LogP) is 10.1. The summed E-state index contributed by atoms with van der Waals surface area (Å²) in [6, 6.07) is 23.9. The molecule has 64 heavy (non-hydrogen) atoms. The zero-order valence-corrected chi connectivity index (χ0v) is 41.6. The van der Waals surface area contributed by atoms with Crippen molar-refractivity contribution in [3.63, 3.8) is 0 Å². The summed E-state index contributed by atoms with van der Waals surface area (Å²) in [6.45, 7) is 11.2. The number of rotatable bonds is 27. The Balaban J connectivity index is 2.02. The van der Waals surface area contributed by atoms with Crippen LogP contribution in [0.15, 0.2) is 66.7 Å².